The van der Waals surface area contributed by atoms with Gasteiger partial charge in [-0.25, -0.2) is 4.79 Å². The van der Waals surface area contributed by atoms with Crippen LogP contribution in [0.25, 0.3) is 6.08 Å². The van der Waals surface area contributed by atoms with Gasteiger partial charge in [-0.05, 0) is 43.2 Å². The number of aryl methyl sites for hydroxylation is 1. The second-order valence-corrected chi connectivity index (χ2v) is 6.26. The lowest BCUT2D eigenvalue weighted by Crippen LogP contribution is -2.30. The van der Waals surface area contributed by atoms with Crippen molar-refractivity contribution < 1.29 is 23.8 Å². The van der Waals surface area contributed by atoms with Gasteiger partial charge in [-0.3, -0.25) is 4.79 Å². The van der Waals surface area contributed by atoms with Gasteiger partial charge in [0, 0.05) is 6.08 Å². The van der Waals surface area contributed by atoms with E-state index in [4.69, 9.17) is 14.2 Å². The fraction of sp³-hybridized carbons (Fsp3) is 0.238. The Balaban J connectivity index is 1.47. The van der Waals surface area contributed by atoms with Gasteiger partial charge in [-0.1, -0.05) is 35.9 Å². The molecule has 0 saturated heterocycles. The van der Waals surface area contributed by atoms with Crippen LogP contribution in [0, 0.1) is 6.92 Å². The molecule has 1 aliphatic rings. The highest BCUT2D eigenvalue weighted by molar-refractivity contribution is 5.89. The molecule has 0 spiro atoms. The molecule has 3 rings (SSSR count). The molecule has 140 valence electrons. The summed E-state index contributed by atoms with van der Waals surface area (Å²) in [6.45, 7) is 3.67. The normalized spacial score (nSPS) is 13.4. The van der Waals surface area contributed by atoms with Gasteiger partial charge in [0.15, 0.2) is 18.1 Å². The molecule has 0 bridgehead atoms. The molecule has 6 heteroatoms. The van der Waals surface area contributed by atoms with E-state index in [0.717, 1.165) is 16.7 Å². The van der Waals surface area contributed by atoms with Crippen LogP contribution in [0.3, 0.4) is 0 Å². The summed E-state index contributed by atoms with van der Waals surface area (Å²) in [5, 5.41) is 2.79. The van der Waals surface area contributed by atoms with Gasteiger partial charge in [0.05, 0.1) is 6.04 Å². The van der Waals surface area contributed by atoms with Crippen LogP contribution in [0.4, 0.5) is 0 Å². The maximum Gasteiger partial charge on any atom is 0.331 e. The first kappa shape index (κ1) is 18.5. The van der Waals surface area contributed by atoms with Crippen LogP contribution in [-0.4, -0.2) is 25.3 Å². The molecule has 0 aliphatic carbocycles. The first-order valence-corrected chi connectivity index (χ1v) is 8.61. The van der Waals surface area contributed by atoms with E-state index >= 15 is 0 Å². The van der Waals surface area contributed by atoms with Gasteiger partial charge in [0.2, 0.25) is 6.79 Å². The molecule has 1 amide bonds. The van der Waals surface area contributed by atoms with E-state index in [-0.39, 0.29) is 25.3 Å². The molecular formula is C21H21NO5. The van der Waals surface area contributed by atoms with Crippen LogP contribution in [-0.2, 0) is 14.3 Å². The molecule has 0 aromatic heterocycles. The predicted molar refractivity (Wildman–Crippen MR) is 100 cm³/mol. The SMILES string of the molecule is Cc1cccc(/C=C/C(=O)OCC(=O)N[C@@H](C)c2ccc3c(c2)OCO3)c1. The molecular weight excluding hydrogens is 346 g/mol. The van der Waals surface area contributed by atoms with Crippen molar-refractivity contribution in [2.24, 2.45) is 0 Å². The second kappa shape index (κ2) is 8.40. The number of fused-ring (bicyclic) bond motifs is 1. The van der Waals surface area contributed by atoms with E-state index in [0.29, 0.717) is 11.5 Å². The molecule has 1 aliphatic heterocycles. The van der Waals surface area contributed by atoms with Crippen LogP contribution < -0.4 is 14.8 Å². The number of hydrogen-bond acceptors (Lipinski definition) is 5. The summed E-state index contributed by atoms with van der Waals surface area (Å²) >= 11 is 0. The van der Waals surface area contributed by atoms with Gasteiger partial charge in [-0.2, -0.15) is 0 Å². The summed E-state index contributed by atoms with van der Waals surface area (Å²) < 4.78 is 15.6. The Hall–Kier alpha value is -3.28. The van der Waals surface area contributed by atoms with Crippen molar-refractivity contribution in [2.45, 2.75) is 19.9 Å². The number of hydrogen-bond donors (Lipinski definition) is 1. The van der Waals surface area contributed by atoms with Crippen molar-refractivity contribution in [1.29, 1.82) is 0 Å². The Morgan fingerprint density at radius 1 is 1.19 bits per heavy atom. The third-order valence-electron chi connectivity index (χ3n) is 4.07. The molecule has 27 heavy (non-hydrogen) atoms. The van der Waals surface area contributed by atoms with E-state index < -0.39 is 5.97 Å². The minimum absolute atomic E-state index is 0.200. The topological polar surface area (TPSA) is 73.9 Å². The maximum atomic E-state index is 12.0. The number of amides is 1. The van der Waals surface area contributed by atoms with Gasteiger partial charge in [0.25, 0.3) is 5.91 Å². The second-order valence-electron chi connectivity index (χ2n) is 6.26. The molecule has 1 heterocycles. The first-order chi connectivity index (χ1) is 13.0. The number of benzene rings is 2. The summed E-state index contributed by atoms with van der Waals surface area (Å²) in [6, 6.07) is 12.9. The maximum absolute atomic E-state index is 12.0. The zero-order chi connectivity index (χ0) is 19.2. The lowest BCUT2D eigenvalue weighted by molar-refractivity contribution is -0.144. The molecule has 0 fully saturated rings. The molecule has 2 aromatic rings. The molecule has 1 N–H and O–H groups in total. The van der Waals surface area contributed by atoms with Crippen LogP contribution >= 0.6 is 0 Å². The van der Waals surface area contributed by atoms with Gasteiger partial charge in [-0.15, -0.1) is 0 Å². The van der Waals surface area contributed by atoms with E-state index in [2.05, 4.69) is 5.32 Å². The number of rotatable bonds is 6. The number of carbonyl (C=O) groups excluding carboxylic acids is 2. The summed E-state index contributed by atoms with van der Waals surface area (Å²) in [5.74, 6) is 0.396. The zero-order valence-electron chi connectivity index (χ0n) is 15.2. The zero-order valence-corrected chi connectivity index (χ0v) is 15.2. The van der Waals surface area contributed by atoms with E-state index in [9.17, 15) is 9.59 Å². The van der Waals surface area contributed by atoms with Crippen molar-refractivity contribution >= 4 is 18.0 Å². The van der Waals surface area contributed by atoms with Crippen LogP contribution in [0.15, 0.2) is 48.5 Å². The Bertz CT molecular complexity index is 875. The largest absolute Gasteiger partial charge is 0.454 e. The van der Waals surface area contributed by atoms with E-state index in [1.807, 2.05) is 50.2 Å². The van der Waals surface area contributed by atoms with Gasteiger partial charge < -0.3 is 19.5 Å². The fourth-order valence-electron chi connectivity index (χ4n) is 2.67. The van der Waals surface area contributed by atoms with Crippen molar-refractivity contribution in [3.05, 3.63) is 65.2 Å². The average Bonchev–Trinajstić information content (AvgIpc) is 3.12. The smallest absolute Gasteiger partial charge is 0.331 e. The third-order valence-corrected chi connectivity index (χ3v) is 4.07. The Morgan fingerprint density at radius 2 is 2.00 bits per heavy atom. The van der Waals surface area contributed by atoms with Crippen molar-refractivity contribution in [1.82, 2.24) is 5.32 Å². The molecule has 2 aromatic carbocycles. The summed E-state index contributed by atoms with van der Waals surface area (Å²) in [5.41, 5.74) is 2.87. The molecule has 0 radical (unpaired) electrons. The minimum atomic E-state index is -0.567. The average molecular weight is 367 g/mol. The number of nitrogens with one attached hydrogen (secondary N) is 1. The Labute approximate surface area is 157 Å². The third kappa shape index (κ3) is 5.10. The summed E-state index contributed by atoms with van der Waals surface area (Å²) in [6.07, 6.45) is 2.96. The Morgan fingerprint density at radius 3 is 2.81 bits per heavy atom. The quantitative estimate of drug-likeness (QED) is 0.627. The number of carbonyl (C=O) groups is 2. The summed E-state index contributed by atoms with van der Waals surface area (Å²) in [7, 11) is 0. The lowest BCUT2D eigenvalue weighted by Gasteiger charge is -2.14. The number of ether oxygens (including phenoxy) is 3. The van der Waals surface area contributed by atoms with Gasteiger partial charge in [0.1, 0.15) is 0 Å². The van der Waals surface area contributed by atoms with Crippen molar-refractivity contribution in [3.63, 3.8) is 0 Å². The van der Waals surface area contributed by atoms with Crippen LogP contribution in [0.5, 0.6) is 11.5 Å². The lowest BCUT2D eigenvalue weighted by atomic mass is 10.1. The molecule has 1 atom stereocenters. The van der Waals surface area contributed by atoms with E-state index in [1.165, 1.54) is 6.08 Å². The number of esters is 1. The molecule has 6 nitrogen and oxygen atoms in total. The first-order valence-electron chi connectivity index (χ1n) is 8.61. The highest BCUT2D eigenvalue weighted by Gasteiger charge is 2.17. The fourth-order valence-corrected chi connectivity index (χ4v) is 2.67. The van der Waals surface area contributed by atoms with E-state index in [1.54, 1.807) is 12.1 Å². The molecule has 0 unspecified atom stereocenters. The monoisotopic (exact) mass is 367 g/mol. The van der Waals surface area contributed by atoms with Crippen LogP contribution in [0.2, 0.25) is 0 Å². The summed E-state index contributed by atoms with van der Waals surface area (Å²) in [4.78, 5) is 23.8. The minimum Gasteiger partial charge on any atom is -0.454 e. The molecule has 0 saturated carbocycles. The Kier molecular flexibility index (Phi) is 5.76. The highest BCUT2D eigenvalue weighted by atomic mass is 16.7. The van der Waals surface area contributed by atoms with Gasteiger partial charge >= 0.3 is 5.97 Å². The highest BCUT2D eigenvalue weighted by Crippen LogP contribution is 2.34. The standard InChI is InChI=1S/C21H21NO5/c1-14-4-3-5-16(10-14)6-9-21(24)25-12-20(23)22-15(2)17-7-8-18-19(11-17)27-13-26-18/h3-11,15H,12-13H2,1-2H3,(H,22,23)/b9-6+/t15-/m0/s1. The van der Waals surface area contributed by atoms with Crippen molar-refractivity contribution in [3.8, 4) is 11.5 Å². The van der Waals surface area contributed by atoms with Crippen LogP contribution in [0.1, 0.15) is 29.7 Å². The van der Waals surface area contributed by atoms with Crippen molar-refractivity contribution in [2.75, 3.05) is 13.4 Å². The predicted octanol–water partition coefficient (Wildman–Crippen LogP) is 3.16.